The van der Waals surface area contributed by atoms with Gasteiger partial charge < -0.3 is 9.47 Å². The molecule has 3 rings (SSSR count). The van der Waals surface area contributed by atoms with Gasteiger partial charge in [-0.15, -0.1) is 0 Å². The largest absolute Gasteiger partial charge is 0.497 e. The minimum atomic E-state index is -3.62. The van der Waals surface area contributed by atoms with E-state index >= 15 is 0 Å². The molecule has 0 aliphatic carbocycles. The Morgan fingerprint density at radius 1 is 1.14 bits per heavy atom. The van der Waals surface area contributed by atoms with Crippen LogP contribution in [0.4, 0.5) is 5.69 Å². The minimum absolute atomic E-state index is 0.239. The highest BCUT2D eigenvalue weighted by Gasteiger charge is 2.30. The summed E-state index contributed by atoms with van der Waals surface area (Å²) in [7, 11) is -2.07. The molecule has 0 saturated heterocycles. The van der Waals surface area contributed by atoms with Gasteiger partial charge >= 0.3 is 0 Å². The summed E-state index contributed by atoms with van der Waals surface area (Å²) in [6.07, 6.45) is 0. The van der Waals surface area contributed by atoms with Crippen LogP contribution in [-0.2, 0) is 10.0 Å². The highest BCUT2D eigenvalue weighted by molar-refractivity contribution is 7.92. The average Bonchev–Trinajstić information content (AvgIpc) is 2.54. The van der Waals surface area contributed by atoms with E-state index < -0.39 is 10.0 Å². The second kappa shape index (κ2) is 5.53. The van der Waals surface area contributed by atoms with Crippen molar-refractivity contribution in [2.45, 2.75) is 11.8 Å². The molecule has 0 aromatic heterocycles. The molecule has 1 aliphatic rings. The van der Waals surface area contributed by atoms with Gasteiger partial charge in [-0.2, -0.15) is 0 Å². The second-order valence-corrected chi connectivity index (χ2v) is 6.93. The van der Waals surface area contributed by atoms with Gasteiger partial charge in [0.2, 0.25) is 0 Å². The molecule has 0 radical (unpaired) electrons. The van der Waals surface area contributed by atoms with Crippen LogP contribution in [0.1, 0.15) is 5.56 Å². The quantitative estimate of drug-likeness (QED) is 0.872. The third-order valence-electron chi connectivity index (χ3n) is 3.58. The lowest BCUT2D eigenvalue weighted by Gasteiger charge is -2.30. The predicted molar refractivity (Wildman–Crippen MR) is 84.2 cm³/mol. The highest BCUT2D eigenvalue weighted by Crippen LogP contribution is 2.36. The van der Waals surface area contributed by atoms with Gasteiger partial charge in [0.15, 0.2) is 0 Å². The zero-order valence-electron chi connectivity index (χ0n) is 12.4. The standard InChI is InChI=1S/C16H17NO4S/c1-12-3-8-16-15(11-12)17(9-10-21-16)22(18,19)14-6-4-13(20-2)5-7-14/h3-8,11H,9-10H2,1-2H3. The van der Waals surface area contributed by atoms with Crippen LogP contribution < -0.4 is 13.8 Å². The van der Waals surface area contributed by atoms with Gasteiger partial charge in [-0.1, -0.05) is 6.07 Å². The number of aryl methyl sites for hydroxylation is 1. The van der Waals surface area contributed by atoms with E-state index in [0.29, 0.717) is 30.3 Å². The molecule has 6 heteroatoms. The van der Waals surface area contributed by atoms with E-state index in [1.165, 1.54) is 4.31 Å². The Bertz CT molecular complexity index is 784. The number of ether oxygens (including phenoxy) is 2. The molecule has 0 unspecified atom stereocenters. The molecular formula is C16H17NO4S. The van der Waals surface area contributed by atoms with Crippen LogP contribution in [0.25, 0.3) is 0 Å². The number of hydrogen-bond acceptors (Lipinski definition) is 4. The molecule has 0 saturated carbocycles. The molecule has 0 N–H and O–H groups in total. The minimum Gasteiger partial charge on any atom is -0.497 e. The SMILES string of the molecule is COc1ccc(S(=O)(=O)N2CCOc3ccc(C)cc32)cc1. The summed E-state index contributed by atoms with van der Waals surface area (Å²) in [5.74, 6) is 1.21. The zero-order valence-corrected chi connectivity index (χ0v) is 13.3. The Balaban J connectivity index is 2.05. The molecule has 2 aromatic rings. The summed E-state index contributed by atoms with van der Waals surface area (Å²) >= 11 is 0. The lowest BCUT2D eigenvalue weighted by molar-refractivity contribution is 0.315. The molecule has 2 aromatic carbocycles. The molecule has 1 aliphatic heterocycles. The number of sulfonamides is 1. The summed E-state index contributed by atoms with van der Waals surface area (Å²) in [5, 5.41) is 0. The Morgan fingerprint density at radius 3 is 2.55 bits per heavy atom. The Morgan fingerprint density at radius 2 is 1.86 bits per heavy atom. The van der Waals surface area contributed by atoms with Crippen LogP contribution in [0, 0.1) is 6.92 Å². The molecule has 0 amide bonds. The molecule has 0 bridgehead atoms. The van der Waals surface area contributed by atoms with E-state index in [1.54, 1.807) is 37.4 Å². The van der Waals surface area contributed by atoms with Crippen LogP contribution in [-0.4, -0.2) is 28.7 Å². The van der Waals surface area contributed by atoms with E-state index in [2.05, 4.69) is 0 Å². The van der Waals surface area contributed by atoms with E-state index in [1.807, 2.05) is 19.1 Å². The van der Waals surface area contributed by atoms with Crippen LogP contribution in [0.15, 0.2) is 47.4 Å². The first-order valence-corrected chi connectivity index (χ1v) is 8.36. The van der Waals surface area contributed by atoms with Crippen molar-refractivity contribution in [3.8, 4) is 11.5 Å². The molecule has 1 heterocycles. The van der Waals surface area contributed by atoms with E-state index in [0.717, 1.165) is 5.56 Å². The number of rotatable bonds is 3. The molecule has 0 atom stereocenters. The maximum absolute atomic E-state index is 12.9. The number of fused-ring (bicyclic) bond motifs is 1. The number of methoxy groups -OCH3 is 1. The Hall–Kier alpha value is -2.21. The van der Waals surface area contributed by atoms with Crippen molar-refractivity contribution in [3.05, 3.63) is 48.0 Å². The normalized spacial score (nSPS) is 14.2. The van der Waals surface area contributed by atoms with Crippen molar-refractivity contribution < 1.29 is 17.9 Å². The van der Waals surface area contributed by atoms with Crippen molar-refractivity contribution in [2.75, 3.05) is 24.6 Å². The van der Waals surface area contributed by atoms with Gasteiger partial charge in [-0.05, 0) is 48.9 Å². The van der Waals surface area contributed by atoms with E-state index in [-0.39, 0.29) is 4.90 Å². The fourth-order valence-corrected chi connectivity index (χ4v) is 3.88. The molecular weight excluding hydrogens is 302 g/mol. The maximum atomic E-state index is 12.9. The van der Waals surface area contributed by atoms with Crippen LogP contribution in [0.2, 0.25) is 0 Å². The van der Waals surface area contributed by atoms with Crippen LogP contribution >= 0.6 is 0 Å². The van der Waals surface area contributed by atoms with Crippen molar-refractivity contribution >= 4 is 15.7 Å². The van der Waals surface area contributed by atoms with Gasteiger partial charge in [0.05, 0.1) is 24.2 Å². The predicted octanol–water partition coefficient (Wildman–Crippen LogP) is 2.59. The first-order chi connectivity index (χ1) is 10.5. The summed E-state index contributed by atoms with van der Waals surface area (Å²) in [4.78, 5) is 0.239. The van der Waals surface area contributed by atoms with Crippen molar-refractivity contribution in [1.29, 1.82) is 0 Å². The highest BCUT2D eigenvalue weighted by atomic mass is 32.2. The topological polar surface area (TPSA) is 55.8 Å². The maximum Gasteiger partial charge on any atom is 0.264 e. The van der Waals surface area contributed by atoms with E-state index in [9.17, 15) is 8.42 Å². The second-order valence-electron chi connectivity index (χ2n) is 5.07. The first kappa shape index (κ1) is 14.7. The number of nitrogens with zero attached hydrogens (tertiary/aromatic N) is 1. The molecule has 116 valence electrons. The monoisotopic (exact) mass is 319 g/mol. The summed E-state index contributed by atoms with van der Waals surface area (Å²) in [6.45, 7) is 2.56. The third-order valence-corrected chi connectivity index (χ3v) is 5.41. The number of hydrogen-bond donors (Lipinski definition) is 0. The van der Waals surface area contributed by atoms with Crippen molar-refractivity contribution in [2.24, 2.45) is 0 Å². The third kappa shape index (κ3) is 2.50. The Labute approximate surface area is 130 Å². The summed E-state index contributed by atoms with van der Waals surface area (Å²) in [6, 6.07) is 11.9. The van der Waals surface area contributed by atoms with E-state index in [4.69, 9.17) is 9.47 Å². The lowest BCUT2D eigenvalue weighted by atomic mass is 10.2. The molecule has 0 fully saturated rings. The lowest BCUT2D eigenvalue weighted by Crippen LogP contribution is -2.37. The zero-order chi connectivity index (χ0) is 15.7. The van der Waals surface area contributed by atoms with Gasteiger partial charge in [0, 0.05) is 0 Å². The molecule has 5 nitrogen and oxygen atoms in total. The van der Waals surface area contributed by atoms with Gasteiger partial charge in [0.25, 0.3) is 10.0 Å². The van der Waals surface area contributed by atoms with Gasteiger partial charge in [-0.3, -0.25) is 4.31 Å². The first-order valence-electron chi connectivity index (χ1n) is 6.92. The fourth-order valence-electron chi connectivity index (χ4n) is 2.43. The van der Waals surface area contributed by atoms with Gasteiger partial charge in [-0.25, -0.2) is 8.42 Å². The summed E-state index contributed by atoms with van der Waals surface area (Å²) < 4.78 is 37.8. The molecule has 22 heavy (non-hydrogen) atoms. The van der Waals surface area contributed by atoms with Crippen molar-refractivity contribution in [1.82, 2.24) is 0 Å². The number of benzene rings is 2. The molecule has 0 spiro atoms. The smallest absolute Gasteiger partial charge is 0.264 e. The van der Waals surface area contributed by atoms with Gasteiger partial charge in [0.1, 0.15) is 18.1 Å². The average molecular weight is 319 g/mol. The fraction of sp³-hybridized carbons (Fsp3) is 0.250. The van der Waals surface area contributed by atoms with Crippen LogP contribution in [0.5, 0.6) is 11.5 Å². The Kier molecular flexibility index (Phi) is 3.70. The number of anilines is 1. The summed E-state index contributed by atoms with van der Waals surface area (Å²) in [5.41, 5.74) is 1.57. The van der Waals surface area contributed by atoms with Crippen molar-refractivity contribution in [3.63, 3.8) is 0 Å². The van der Waals surface area contributed by atoms with Crippen LogP contribution in [0.3, 0.4) is 0 Å².